The molecule has 0 saturated heterocycles. The van der Waals surface area contributed by atoms with Crippen LogP contribution in [0.5, 0.6) is 0 Å². The van der Waals surface area contributed by atoms with Crippen LogP contribution in [-0.4, -0.2) is 44.8 Å². The molecule has 2 aromatic rings. The number of amides is 1. The van der Waals surface area contributed by atoms with Crippen LogP contribution in [0.15, 0.2) is 35.5 Å². The number of hydrogen-bond acceptors (Lipinski definition) is 5. The SMILES string of the molecule is CCCN(CC#Cc1ccccc1)C(=O)CSc1n[nH]c(N)n1. The fourth-order valence-electron chi connectivity index (χ4n) is 1.86. The number of hydrogen-bond donors (Lipinski definition) is 2. The maximum atomic E-state index is 12.3. The Bertz CT molecular complexity index is 689. The van der Waals surface area contributed by atoms with Gasteiger partial charge in [0.1, 0.15) is 0 Å². The second-order valence-electron chi connectivity index (χ2n) is 4.77. The van der Waals surface area contributed by atoms with Gasteiger partial charge < -0.3 is 10.6 Å². The summed E-state index contributed by atoms with van der Waals surface area (Å²) in [6.07, 6.45) is 0.886. The molecule has 1 amide bonds. The number of H-pyrrole nitrogens is 1. The molecule has 0 bridgehead atoms. The normalized spacial score (nSPS) is 9.96. The summed E-state index contributed by atoms with van der Waals surface area (Å²) in [5, 5.41) is 6.92. The van der Waals surface area contributed by atoms with E-state index in [1.807, 2.05) is 37.3 Å². The van der Waals surface area contributed by atoms with E-state index in [2.05, 4.69) is 27.0 Å². The highest BCUT2D eigenvalue weighted by Crippen LogP contribution is 2.13. The van der Waals surface area contributed by atoms with Gasteiger partial charge in [-0.05, 0) is 18.6 Å². The van der Waals surface area contributed by atoms with E-state index in [0.29, 0.717) is 18.2 Å². The third-order valence-corrected chi connectivity index (χ3v) is 3.76. The lowest BCUT2D eigenvalue weighted by molar-refractivity contribution is -0.127. The van der Waals surface area contributed by atoms with Crippen LogP contribution in [0.3, 0.4) is 0 Å². The van der Waals surface area contributed by atoms with Crippen LogP contribution in [0.2, 0.25) is 0 Å². The fraction of sp³-hybridized carbons (Fsp3) is 0.312. The van der Waals surface area contributed by atoms with Crippen LogP contribution in [0.4, 0.5) is 5.95 Å². The first-order chi connectivity index (χ1) is 11.2. The van der Waals surface area contributed by atoms with Crippen molar-refractivity contribution in [3.63, 3.8) is 0 Å². The summed E-state index contributed by atoms with van der Waals surface area (Å²) in [5.41, 5.74) is 6.40. The number of rotatable bonds is 6. The number of nitrogen functional groups attached to an aromatic ring is 1. The fourth-order valence-corrected chi connectivity index (χ4v) is 2.57. The van der Waals surface area contributed by atoms with Crippen molar-refractivity contribution in [2.75, 3.05) is 24.6 Å². The Kier molecular flexibility index (Phi) is 6.51. The molecule has 0 aliphatic carbocycles. The van der Waals surface area contributed by atoms with Crippen molar-refractivity contribution in [2.24, 2.45) is 0 Å². The summed E-state index contributed by atoms with van der Waals surface area (Å²) in [4.78, 5) is 18.0. The number of carbonyl (C=O) groups excluding carboxylic acids is 1. The molecule has 3 N–H and O–H groups in total. The zero-order chi connectivity index (χ0) is 16.5. The Morgan fingerprint density at radius 1 is 1.39 bits per heavy atom. The Balaban J connectivity index is 1.89. The first-order valence-electron chi connectivity index (χ1n) is 7.31. The van der Waals surface area contributed by atoms with Gasteiger partial charge in [0.15, 0.2) is 0 Å². The van der Waals surface area contributed by atoms with Crippen LogP contribution < -0.4 is 5.73 Å². The molecule has 1 aromatic carbocycles. The molecule has 7 heteroatoms. The van der Waals surface area contributed by atoms with Crippen LogP contribution >= 0.6 is 11.8 Å². The van der Waals surface area contributed by atoms with Gasteiger partial charge in [-0.15, -0.1) is 5.10 Å². The van der Waals surface area contributed by atoms with E-state index < -0.39 is 0 Å². The highest BCUT2D eigenvalue weighted by atomic mass is 32.2. The second-order valence-corrected chi connectivity index (χ2v) is 5.72. The molecule has 0 aliphatic heterocycles. The summed E-state index contributed by atoms with van der Waals surface area (Å²) >= 11 is 1.26. The third-order valence-electron chi connectivity index (χ3n) is 2.93. The summed E-state index contributed by atoms with van der Waals surface area (Å²) in [5.74, 6) is 6.66. The number of nitrogens with zero attached hydrogens (tertiary/aromatic N) is 3. The molecule has 1 aromatic heterocycles. The Morgan fingerprint density at radius 3 is 2.83 bits per heavy atom. The van der Waals surface area contributed by atoms with E-state index >= 15 is 0 Å². The molecular formula is C16H19N5OS. The molecule has 0 unspecified atom stereocenters. The topological polar surface area (TPSA) is 87.9 Å². The van der Waals surface area contributed by atoms with Gasteiger partial charge in [0, 0.05) is 12.1 Å². The summed E-state index contributed by atoms with van der Waals surface area (Å²) < 4.78 is 0. The molecule has 23 heavy (non-hydrogen) atoms. The minimum atomic E-state index is 0.0163. The average Bonchev–Trinajstić information content (AvgIpc) is 2.98. The van der Waals surface area contributed by atoms with Gasteiger partial charge in [-0.3, -0.25) is 4.79 Å². The number of nitrogens with one attached hydrogen (secondary N) is 1. The highest BCUT2D eigenvalue weighted by Gasteiger charge is 2.13. The molecule has 120 valence electrons. The van der Waals surface area contributed by atoms with Gasteiger partial charge in [0.05, 0.1) is 12.3 Å². The monoisotopic (exact) mass is 329 g/mol. The molecule has 0 saturated carbocycles. The molecular weight excluding hydrogens is 310 g/mol. The second kappa shape index (κ2) is 8.86. The van der Waals surface area contributed by atoms with Crippen molar-refractivity contribution in [1.29, 1.82) is 0 Å². The molecule has 0 spiro atoms. The smallest absolute Gasteiger partial charge is 0.233 e. The standard InChI is InChI=1S/C16H19N5OS/c1-2-10-21(11-6-9-13-7-4-3-5-8-13)14(22)12-23-16-18-15(17)19-20-16/h3-5,7-8H,2,10-12H2,1H3,(H3,17,18,19,20). The zero-order valence-electron chi connectivity index (χ0n) is 13.0. The molecule has 6 nitrogen and oxygen atoms in total. The van der Waals surface area contributed by atoms with Gasteiger partial charge in [-0.25, -0.2) is 5.10 Å². The first kappa shape index (κ1) is 16.9. The number of aromatic amines is 1. The third kappa shape index (κ3) is 5.68. The molecule has 1 heterocycles. The molecule has 0 atom stereocenters. The van der Waals surface area contributed by atoms with Gasteiger partial charge in [-0.2, -0.15) is 4.98 Å². The maximum absolute atomic E-state index is 12.3. The maximum Gasteiger partial charge on any atom is 0.233 e. The minimum absolute atomic E-state index is 0.0163. The number of aromatic nitrogens is 3. The number of thioether (sulfide) groups is 1. The van der Waals surface area contributed by atoms with E-state index in [-0.39, 0.29) is 17.6 Å². The van der Waals surface area contributed by atoms with Crippen molar-refractivity contribution >= 4 is 23.6 Å². The van der Waals surface area contributed by atoms with Crippen molar-refractivity contribution in [2.45, 2.75) is 18.5 Å². The Labute approximate surface area is 139 Å². The molecule has 2 rings (SSSR count). The van der Waals surface area contributed by atoms with Gasteiger partial charge >= 0.3 is 0 Å². The van der Waals surface area contributed by atoms with E-state index in [4.69, 9.17) is 5.73 Å². The minimum Gasteiger partial charge on any atom is -0.368 e. The van der Waals surface area contributed by atoms with Crippen LogP contribution in [0.1, 0.15) is 18.9 Å². The average molecular weight is 329 g/mol. The summed E-state index contributed by atoms with van der Waals surface area (Å²) in [6.45, 7) is 3.13. The van der Waals surface area contributed by atoms with Crippen LogP contribution in [0.25, 0.3) is 0 Å². The van der Waals surface area contributed by atoms with Gasteiger partial charge in [0.2, 0.25) is 17.0 Å². The van der Waals surface area contributed by atoms with Gasteiger partial charge in [0.25, 0.3) is 0 Å². The van der Waals surface area contributed by atoms with E-state index in [1.165, 1.54) is 11.8 Å². The zero-order valence-corrected chi connectivity index (χ0v) is 13.8. The lowest BCUT2D eigenvalue weighted by atomic mass is 10.2. The predicted octanol–water partition coefficient (Wildman–Crippen LogP) is 1.77. The number of anilines is 1. The Morgan fingerprint density at radius 2 is 2.17 bits per heavy atom. The lowest BCUT2D eigenvalue weighted by Crippen LogP contribution is -2.33. The van der Waals surface area contributed by atoms with Crippen molar-refractivity contribution < 1.29 is 4.79 Å². The summed E-state index contributed by atoms with van der Waals surface area (Å²) in [6, 6.07) is 9.73. The summed E-state index contributed by atoms with van der Waals surface area (Å²) in [7, 11) is 0. The lowest BCUT2D eigenvalue weighted by Gasteiger charge is -2.18. The number of carbonyl (C=O) groups is 1. The molecule has 0 aliphatic rings. The van der Waals surface area contributed by atoms with Crippen LogP contribution in [0, 0.1) is 11.8 Å². The van der Waals surface area contributed by atoms with E-state index in [9.17, 15) is 4.79 Å². The quantitative estimate of drug-likeness (QED) is 0.623. The number of nitrogens with two attached hydrogens (primary N) is 1. The molecule has 0 radical (unpaired) electrons. The largest absolute Gasteiger partial charge is 0.368 e. The van der Waals surface area contributed by atoms with Crippen molar-refractivity contribution in [3.8, 4) is 11.8 Å². The van der Waals surface area contributed by atoms with E-state index in [1.54, 1.807) is 4.90 Å². The highest BCUT2D eigenvalue weighted by molar-refractivity contribution is 7.99. The van der Waals surface area contributed by atoms with Crippen LogP contribution in [-0.2, 0) is 4.79 Å². The molecule has 0 fully saturated rings. The Hall–Kier alpha value is -2.46. The van der Waals surface area contributed by atoms with Crippen molar-refractivity contribution in [3.05, 3.63) is 35.9 Å². The van der Waals surface area contributed by atoms with E-state index in [0.717, 1.165) is 12.0 Å². The predicted molar refractivity (Wildman–Crippen MR) is 91.7 cm³/mol. The number of benzene rings is 1. The first-order valence-corrected chi connectivity index (χ1v) is 8.30. The van der Waals surface area contributed by atoms with Gasteiger partial charge in [-0.1, -0.05) is 48.7 Å². The van der Waals surface area contributed by atoms with Crippen molar-refractivity contribution in [1.82, 2.24) is 20.1 Å².